The molecule has 5 heteroatoms. The molecule has 0 aliphatic rings. The summed E-state index contributed by atoms with van der Waals surface area (Å²) in [7, 11) is 0. The Balaban J connectivity index is 1.81. The summed E-state index contributed by atoms with van der Waals surface area (Å²) in [6.07, 6.45) is 6.60. The van der Waals surface area contributed by atoms with Crippen LogP contribution in [-0.2, 0) is 13.1 Å². The van der Waals surface area contributed by atoms with E-state index in [1.54, 1.807) is 6.20 Å². The highest BCUT2D eigenvalue weighted by Gasteiger charge is 2.09. The second kappa shape index (κ2) is 4.76. The van der Waals surface area contributed by atoms with Crippen molar-refractivity contribution >= 4 is 17.0 Å². The molecule has 0 aliphatic carbocycles. The summed E-state index contributed by atoms with van der Waals surface area (Å²) in [4.78, 5) is 8.49. The molecule has 0 saturated heterocycles. The minimum Gasteiger partial charge on any atom is -0.369 e. The fourth-order valence-electron chi connectivity index (χ4n) is 2.37. The number of imidazole rings is 2. The van der Waals surface area contributed by atoms with Gasteiger partial charge < -0.3 is 14.9 Å². The van der Waals surface area contributed by atoms with E-state index in [0.717, 1.165) is 36.1 Å². The summed E-state index contributed by atoms with van der Waals surface area (Å²) in [6, 6.07) is 6.18. The average molecular weight is 255 g/mol. The number of anilines is 1. The predicted octanol–water partition coefficient (Wildman–Crippen LogP) is 2.21. The summed E-state index contributed by atoms with van der Waals surface area (Å²) < 4.78 is 4.15. The Morgan fingerprint density at radius 1 is 1.26 bits per heavy atom. The van der Waals surface area contributed by atoms with E-state index in [1.165, 1.54) is 0 Å². The molecule has 0 radical (unpaired) electrons. The van der Waals surface area contributed by atoms with Crippen molar-refractivity contribution in [3.63, 3.8) is 0 Å². The molecule has 2 heterocycles. The second-order valence-electron chi connectivity index (χ2n) is 4.72. The van der Waals surface area contributed by atoms with Crippen LogP contribution in [0.4, 0.5) is 5.95 Å². The molecule has 0 fully saturated rings. The topological polar surface area (TPSA) is 61.7 Å². The highest BCUT2D eigenvalue weighted by atomic mass is 15.2. The third-order valence-electron chi connectivity index (χ3n) is 3.37. The normalized spacial score (nSPS) is 11.2. The molecule has 98 valence electrons. The third kappa shape index (κ3) is 2.19. The van der Waals surface area contributed by atoms with E-state index < -0.39 is 0 Å². The van der Waals surface area contributed by atoms with Crippen LogP contribution in [0.3, 0.4) is 0 Å². The molecule has 0 bridgehead atoms. The van der Waals surface area contributed by atoms with E-state index >= 15 is 0 Å². The lowest BCUT2D eigenvalue weighted by atomic mass is 10.2. The molecular weight excluding hydrogens is 238 g/mol. The number of aryl methyl sites for hydroxylation is 3. The smallest absolute Gasteiger partial charge is 0.201 e. The Kier molecular flexibility index (Phi) is 2.95. The molecule has 0 atom stereocenters. The van der Waals surface area contributed by atoms with Crippen LogP contribution in [0, 0.1) is 6.92 Å². The molecule has 0 unspecified atom stereocenters. The number of rotatable bonds is 4. The molecule has 0 aliphatic heterocycles. The van der Waals surface area contributed by atoms with Gasteiger partial charge in [0, 0.05) is 25.5 Å². The van der Waals surface area contributed by atoms with Crippen LogP contribution in [0.25, 0.3) is 11.0 Å². The van der Waals surface area contributed by atoms with Crippen molar-refractivity contribution in [3.8, 4) is 0 Å². The quantitative estimate of drug-likeness (QED) is 0.777. The number of nitrogens with zero attached hydrogens (tertiary/aromatic N) is 4. The molecule has 19 heavy (non-hydrogen) atoms. The summed E-state index contributed by atoms with van der Waals surface area (Å²) in [5, 5.41) is 0. The van der Waals surface area contributed by atoms with Gasteiger partial charge in [-0.05, 0) is 25.0 Å². The monoisotopic (exact) mass is 255 g/mol. The Morgan fingerprint density at radius 3 is 2.95 bits per heavy atom. The predicted molar refractivity (Wildman–Crippen MR) is 75.7 cm³/mol. The molecule has 2 aromatic heterocycles. The summed E-state index contributed by atoms with van der Waals surface area (Å²) >= 11 is 0. The molecule has 0 spiro atoms. The fourth-order valence-corrected chi connectivity index (χ4v) is 2.37. The van der Waals surface area contributed by atoms with Gasteiger partial charge in [-0.15, -0.1) is 0 Å². The lowest BCUT2D eigenvalue weighted by Crippen LogP contribution is -2.06. The maximum atomic E-state index is 6.01. The van der Waals surface area contributed by atoms with Gasteiger partial charge in [0.05, 0.1) is 17.4 Å². The van der Waals surface area contributed by atoms with E-state index in [1.807, 2.05) is 18.6 Å². The van der Waals surface area contributed by atoms with Crippen molar-refractivity contribution in [2.45, 2.75) is 26.4 Å². The molecule has 0 saturated carbocycles. The van der Waals surface area contributed by atoms with Gasteiger partial charge in [-0.25, -0.2) is 9.97 Å². The van der Waals surface area contributed by atoms with Crippen LogP contribution in [0.15, 0.2) is 36.9 Å². The second-order valence-corrected chi connectivity index (χ2v) is 4.72. The number of nitrogen functional groups attached to an aromatic ring is 1. The van der Waals surface area contributed by atoms with Crippen LogP contribution >= 0.6 is 0 Å². The minimum atomic E-state index is 0.593. The number of hydrogen-bond donors (Lipinski definition) is 1. The lowest BCUT2D eigenvalue weighted by Gasteiger charge is -2.07. The number of hydrogen-bond acceptors (Lipinski definition) is 3. The van der Waals surface area contributed by atoms with Gasteiger partial charge in [0.15, 0.2) is 0 Å². The van der Waals surface area contributed by atoms with Crippen molar-refractivity contribution in [1.82, 2.24) is 19.1 Å². The summed E-state index contributed by atoms with van der Waals surface area (Å²) in [5.41, 5.74) is 9.30. The van der Waals surface area contributed by atoms with Gasteiger partial charge in [-0.1, -0.05) is 12.1 Å². The van der Waals surface area contributed by atoms with Gasteiger partial charge in [0.25, 0.3) is 0 Å². The SMILES string of the molecule is Cc1cccc2c1nc(N)n2CCCn1ccnc1. The largest absolute Gasteiger partial charge is 0.369 e. The van der Waals surface area contributed by atoms with Crippen molar-refractivity contribution in [2.75, 3.05) is 5.73 Å². The summed E-state index contributed by atoms with van der Waals surface area (Å²) in [5.74, 6) is 0.593. The third-order valence-corrected chi connectivity index (χ3v) is 3.37. The zero-order valence-electron chi connectivity index (χ0n) is 11.0. The van der Waals surface area contributed by atoms with Crippen LogP contribution in [0.1, 0.15) is 12.0 Å². The number of benzene rings is 1. The van der Waals surface area contributed by atoms with E-state index in [2.05, 4.69) is 38.2 Å². The maximum Gasteiger partial charge on any atom is 0.201 e. The Hall–Kier alpha value is -2.30. The van der Waals surface area contributed by atoms with Crippen LogP contribution in [0.5, 0.6) is 0 Å². The Bertz CT molecular complexity index is 681. The molecular formula is C14H17N5. The molecule has 3 aromatic rings. The number of aromatic nitrogens is 4. The standard InChI is InChI=1S/C14H17N5/c1-11-4-2-5-12-13(11)17-14(15)19(12)8-3-7-18-9-6-16-10-18/h2,4-6,9-10H,3,7-8H2,1H3,(H2,15,17). The molecule has 1 aromatic carbocycles. The first-order valence-electron chi connectivity index (χ1n) is 6.43. The maximum absolute atomic E-state index is 6.01. The van der Waals surface area contributed by atoms with Crippen LogP contribution in [0.2, 0.25) is 0 Å². The van der Waals surface area contributed by atoms with Gasteiger partial charge >= 0.3 is 0 Å². The Labute approximate surface area is 111 Å². The minimum absolute atomic E-state index is 0.593. The molecule has 0 amide bonds. The Morgan fingerprint density at radius 2 is 2.16 bits per heavy atom. The highest BCUT2D eigenvalue weighted by Crippen LogP contribution is 2.21. The number of nitrogens with two attached hydrogens (primary N) is 1. The van der Waals surface area contributed by atoms with Gasteiger partial charge in [-0.3, -0.25) is 0 Å². The van der Waals surface area contributed by atoms with Crippen molar-refractivity contribution in [1.29, 1.82) is 0 Å². The average Bonchev–Trinajstić information content (AvgIpc) is 3.00. The highest BCUT2D eigenvalue weighted by molar-refractivity contribution is 5.81. The van der Waals surface area contributed by atoms with E-state index in [-0.39, 0.29) is 0 Å². The molecule has 5 nitrogen and oxygen atoms in total. The fraction of sp³-hybridized carbons (Fsp3) is 0.286. The van der Waals surface area contributed by atoms with Crippen molar-refractivity contribution in [2.24, 2.45) is 0 Å². The zero-order valence-corrected chi connectivity index (χ0v) is 11.0. The summed E-state index contributed by atoms with van der Waals surface area (Å²) in [6.45, 7) is 3.86. The van der Waals surface area contributed by atoms with Gasteiger partial charge in [-0.2, -0.15) is 0 Å². The van der Waals surface area contributed by atoms with E-state index in [4.69, 9.17) is 5.73 Å². The first-order valence-corrected chi connectivity index (χ1v) is 6.43. The lowest BCUT2D eigenvalue weighted by molar-refractivity contribution is 0.575. The van der Waals surface area contributed by atoms with Crippen LogP contribution < -0.4 is 5.73 Å². The van der Waals surface area contributed by atoms with Crippen LogP contribution in [-0.4, -0.2) is 19.1 Å². The zero-order chi connectivity index (χ0) is 13.2. The number of fused-ring (bicyclic) bond motifs is 1. The van der Waals surface area contributed by atoms with Crippen molar-refractivity contribution < 1.29 is 0 Å². The van der Waals surface area contributed by atoms with Gasteiger partial charge in [0.2, 0.25) is 5.95 Å². The number of para-hydroxylation sites is 1. The van der Waals surface area contributed by atoms with Crippen molar-refractivity contribution in [3.05, 3.63) is 42.5 Å². The van der Waals surface area contributed by atoms with E-state index in [9.17, 15) is 0 Å². The first kappa shape index (κ1) is 11.8. The van der Waals surface area contributed by atoms with E-state index in [0.29, 0.717) is 5.95 Å². The molecule has 2 N–H and O–H groups in total. The first-order chi connectivity index (χ1) is 9.25. The molecule has 3 rings (SSSR count). The van der Waals surface area contributed by atoms with Gasteiger partial charge in [0.1, 0.15) is 0 Å².